The first kappa shape index (κ1) is 12.5. The first-order chi connectivity index (χ1) is 8.09. The SMILES string of the molecule is CC1(C)CN(Cc2ccncc2)CC(CO)N1. The van der Waals surface area contributed by atoms with Crippen LogP contribution < -0.4 is 5.32 Å². The lowest BCUT2D eigenvalue weighted by atomic mass is 9.98. The van der Waals surface area contributed by atoms with Crippen LogP contribution >= 0.6 is 0 Å². The lowest BCUT2D eigenvalue weighted by molar-refractivity contribution is 0.0816. The van der Waals surface area contributed by atoms with Crippen LogP contribution in [0.1, 0.15) is 19.4 Å². The Bertz CT molecular complexity index is 353. The monoisotopic (exact) mass is 235 g/mol. The highest BCUT2D eigenvalue weighted by Crippen LogP contribution is 2.16. The highest BCUT2D eigenvalue weighted by molar-refractivity contribution is 5.10. The van der Waals surface area contributed by atoms with Crippen molar-refractivity contribution >= 4 is 0 Å². The first-order valence-electron chi connectivity index (χ1n) is 6.09. The van der Waals surface area contributed by atoms with Crippen LogP contribution in [0.2, 0.25) is 0 Å². The predicted molar refractivity (Wildman–Crippen MR) is 67.6 cm³/mol. The zero-order chi connectivity index (χ0) is 12.3. The molecule has 1 aromatic rings. The van der Waals surface area contributed by atoms with Crippen LogP contribution in [0.3, 0.4) is 0 Å². The molecule has 94 valence electrons. The Morgan fingerprint density at radius 1 is 1.47 bits per heavy atom. The number of hydrogen-bond acceptors (Lipinski definition) is 4. The molecule has 1 aromatic heterocycles. The van der Waals surface area contributed by atoms with Gasteiger partial charge in [0, 0.05) is 43.6 Å². The van der Waals surface area contributed by atoms with Gasteiger partial charge in [0.25, 0.3) is 0 Å². The minimum absolute atomic E-state index is 0.0542. The van der Waals surface area contributed by atoms with Gasteiger partial charge < -0.3 is 10.4 Å². The lowest BCUT2D eigenvalue weighted by Gasteiger charge is -2.43. The minimum atomic E-state index is 0.0542. The zero-order valence-corrected chi connectivity index (χ0v) is 10.6. The molecule has 0 saturated carbocycles. The smallest absolute Gasteiger partial charge is 0.0597 e. The fraction of sp³-hybridized carbons (Fsp3) is 0.615. The summed E-state index contributed by atoms with van der Waals surface area (Å²) < 4.78 is 0. The Balaban J connectivity index is 2.01. The van der Waals surface area contributed by atoms with Crippen LogP contribution in [0.4, 0.5) is 0 Å². The summed E-state index contributed by atoms with van der Waals surface area (Å²) in [6.07, 6.45) is 3.65. The lowest BCUT2D eigenvalue weighted by Crippen LogP contribution is -2.62. The van der Waals surface area contributed by atoms with E-state index >= 15 is 0 Å². The summed E-state index contributed by atoms with van der Waals surface area (Å²) in [5.74, 6) is 0. The Morgan fingerprint density at radius 3 is 2.82 bits per heavy atom. The van der Waals surface area contributed by atoms with Crippen molar-refractivity contribution in [3.63, 3.8) is 0 Å². The molecule has 0 radical (unpaired) electrons. The molecule has 0 amide bonds. The zero-order valence-electron chi connectivity index (χ0n) is 10.6. The van der Waals surface area contributed by atoms with Gasteiger partial charge in [-0.2, -0.15) is 0 Å². The van der Waals surface area contributed by atoms with E-state index in [1.54, 1.807) is 0 Å². The molecule has 2 rings (SSSR count). The molecule has 1 atom stereocenters. The Hall–Kier alpha value is -0.970. The van der Waals surface area contributed by atoms with E-state index < -0.39 is 0 Å². The van der Waals surface area contributed by atoms with E-state index in [0.717, 1.165) is 19.6 Å². The van der Waals surface area contributed by atoms with Crippen LogP contribution in [0.15, 0.2) is 24.5 Å². The van der Waals surface area contributed by atoms with E-state index in [0.29, 0.717) is 0 Å². The third-order valence-corrected chi connectivity index (χ3v) is 3.07. The van der Waals surface area contributed by atoms with Crippen LogP contribution in [0.5, 0.6) is 0 Å². The van der Waals surface area contributed by atoms with E-state index in [2.05, 4.69) is 29.0 Å². The summed E-state index contributed by atoms with van der Waals surface area (Å²) in [6.45, 7) is 7.34. The van der Waals surface area contributed by atoms with Gasteiger partial charge in [-0.25, -0.2) is 0 Å². The second kappa shape index (κ2) is 5.12. The molecular formula is C13H21N3O. The average Bonchev–Trinajstić information content (AvgIpc) is 2.28. The molecule has 0 bridgehead atoms. The van der Waals surface area contributed by atoms with Gasteiger partial charge in [0.1, 0.15) is 0 Å². The Morgan fingerprint density at radius 2 is 2.18 bits per heavy atom. The highest BCUT2D eigenvalue weighted by atomic mass is 16.3. The fourth-order valence-electron chi connectivity index (χ4n) is 2.55. The van der Waals surface area contributed by atoms with Crippen LogP contribution in [0.25, 0.3) is 0 Å². The largest absolute Gasteiger partial charge is 0.395 e. The molecule has 0 aliphatic carbocycles. The van der Waals surface area contributed by atoms with E-state index in [1.807, 2.05) is 24.5 Å². The van der Waals surface area contributed by atoms with E-state index in [-0.39, 0.29) is 18.2 Å². The average molecular weight is 235 g/mol. The third-order valence-electron chi connectivity index (χ3n) is 3.07. The number of aromatic nitrogens is 1. The molecule has 1 aliphatic rings. The molecule has 1 saturated heterocycles. The fourth-order valence-corrected chi connectivity index (χ4v) is 2.55. The molecular weight excluding hydrogens is 214 g/mol. The maximum atomic E-state index is 9.31. The molecule has 17 heavy (non-hydrogen) atoms. The summed E-state index contributed by atoms with van der Waals surface area (Å²) in [5.41, 5.74) is 1.33. The quantitative estimate of drug-likeness (QED) is 0.806. The second-order valence-corrected chi connectivity index (χ2v) is 5.43. The maximum Gasteiger partial charge on any atom is 0.0597 e. The standard InChI is InChI=1S/C13H21N3O/c1-13(2)10-16(8-12(9-17)15-13)7-11-3-5-14-6-4-11/h3-6,12,15,17H,7-10H2,1-2H3. The summed E-state index contributed by atoms with van der Waals surface area (Å²) in [7, 11) is 0. The van der Waals surface area contributed by atoms with Gasteiger partial charge in [0.2, 0.25) is 0 Å². The molecule has 1 unspecified atom stereocenters. The number of aliphatic hydroxyl groups excluding tert-OH is 1. The normalized spacial score (nSPS) is 24.8. The van der Waals surface area contributed by atoms with Gasteiger partial charge in [-0.3, -0.25) is 9.88 Å². The molecule has 0 spiro atoms. The van der Waals surface area contributed by atoms with Gasteiger partial charge in [-0.1, -0.05) is 0 Å². The van der Waals surface area contributed by atoms with Crippen molar-refractivity contribution in [1.82, 2.24) is 15.2 Å². The summed E-state index contributed by atoms with van der Waals surface area (Å²) >= 11 is 0. The van der Waals surface area contributed by atoms with Gasteiger partial charge in [0.05, 0.1) is 6.61 Å². The molecule has 1 fully saturated rings. The predicted octanol–water partition coefficient (Wildman–Crippen LogP) is 0.626. The van der Waals surface area contributed by atoms with Gasteiger partial charge in [-0.05, 0) is 31.5 Å². The molecule has 4 heteroatoms. The van der Waals surface area contributed by atoms with Gasteiger partial charge in [-0.15, -0.1) is 0 Å². The van der Waals surface area contributed by atoms with Crippen molar-refractivity contribution < 1.29 is 5.11 Å². The van der Waals surface area contributed by atoms with Crippen LogP contribution in [-0.2, 0) is 6.54 Å². The van der Waals surface area contributed by atoms with Crippen molar-refractivity contribution in [2.24, 2.45) is 0 Å². The van der Waals surface area contributed by atoms with Crippen LogP contribution in [0, 0.1) is 0 Å². The number of nitrogens with zero attached hydrogens (tertiary/aromatic N) is 2. The number of pyridine rings is 1. The number of piperazine rings is 1. The van der Waals surface area contributed by atoms with E-state index in [1.165, 1.54) is 5.56 Å². The number of rotatable bonds is 3. The first-order valence-corrected chi connectivity index (χ1v) is 6.09. The van der Waals surface area contributed by atoms with Crippen molar-refractivity contribution in [2.75, 3.05) is 19.7 Å². The molecule has 0 aromatic carbocycles. The summed E-state index contributed by atoms with van der Waals surface area (Å²) in [5, 5.41) is 12.8. The van der Waals surface area contributed by atoms with E-state index in [4.69, 9.17) is 0 Å². The van der Waals surface area contributed by atoms with Crippen LogP contribution in [-0.4, -0.2) is 46.3 Å². The number of hydrogen-bond donors (Lipinski definition) is 2. The Kier molecular flexibility index (Phi) is 3.76. The Labute approximate surface area is 103 Å². The second-order valence-electron chi connectivity index (χ2n) is 5.43. The van der Waals surface area contributed by atoms with Crippen molar-refractivity contribution in [3.05, 3.63) is 30.1 Å². The molecule has 2 N–H and O–H groups in total. The van der Waals surface area contributed by atoms with Crippen molar-refractivity contribution in [2.45, 2.75) is 32.0 Å². The van der Waals surface area contributed by atoms with Crippen molar-refractivity contribution in [3.8, 4) is 0 Å². The molecule has 2 heterocycles. The topological polar surface area (TPSA) is 48.4 Å². The summed E-state index contributed by atoms with van der Waals surface area (Å²) in [4.78, 5) is 6.41. The van der Waals surface area contributed by atoms with Crippen molar-refractivity contribution in [1.29, 1.82) is 0 Å². The van der Waals surface area contributed by atoms with E-state index in [9.17, 15) is 5.11 Å². The maximum absolute atomic E-state index is 9.31. The molecule has 1 aliphatic heterocycles. The van der Waals surface area contributed by atoms with Gasteiger partial charge >= 0.3 is 0 Å². The molecule has 4 nitrogen and oxygen atoms in total. The van der Waals surface area contributed by atoms with Gasteiger partial charge in [0.15, 0.2) is 0 Å². The highest BCUT2D eigenvalue weighted by Gasteiger charge is 2.31. The minimum Gasteiger partial charge on any atom is -0.395 e. The summed E-state index contributed by atoms with van der Waals surface area (Å²) in [6, 6.07) is 4.26. The number of aliphatic hydroxyl groups is 1. The number of nitrogens with one attached hydrogen (secondary N) is 1. The third kappa shape index (κ3) is 3.49.